The molecule has 2 heterocycles. The molecule has 1 amide bonds. The van der Waals surface area contributed by atoms with E-state index >= 15 is 0 Å². The maximum absolute atomic E-state index is 12.3. The van der Waals surface area contributed by atoms with E-state index in [1.54, 1.807) is 0 Å². The van der Waals surface area contributed by atoms with Crippen molar-refractivity contribution in [1.82, 2.24) is 10.2 Å². The van der Waals surface area contributed by atoms with Gasteiger partial charge in [0, 0.05) is 19.1 Å². The summed E-state index contributed by atoms with van der Waals surface area (Å²) in [5, 5.41) is 3.63. The first kappa shape index (κ1) is 15.1. The highest BCUT2D eigenvalue weighted by atomic mass is 16.6. The SMILES string of the molecule is CC(C)(C)OC(=O)N1CCC2(C1)OCCNC2CC1CC1. The fourth-order valence-electron chi connectivity index (χ4n) is 3.45. The molecular weight excluding hydrogens is 268 g/mol. The van der Waals surface area contributed by atoms with Crippen LogP contribution in [0.25, 0.3) is 0 Å². The van der Waals surface area contributed by atoms with Crippen molar-refractivity contribution in [1.29, 1.82) is 0 Å². The molecule has 1 spiro atoms. The molecule has 1 saturated carbocycles. The molecule has 0 aromatic carbocycles. The molecule has 0 aromatic heterocycles. The molecule has 0 aromatic rings. The van der Waals surface area contributed by atoms with E-state index in [1.807, 2.05) is 25.7 Å². The van der Waals surface area contributed by atoms with E-state index in [4.69, 9.17) is 9.47 Å². The summed E-state index contributed by atoms with van der Waals surface area (Å²) in [5.41, 5.74) is -0.635. The van der Waals surface area contributed by atoms with Gasteiger partial charge in [-0.25, -0.2) is 4.79 Å². The summed E-state index contributed by atoms with van der Waals surface area (Å²) in [6, 6.07) is 0.381. The fraction of sp³-hybridized carbons (Fsp3) is 0.938. The summed E-state index contributed by atoms with van der Waals surface area (Å²) in [7, 11) is 0. The number of nitrogens with one attached hydrogen (secondary N) is 1. The van der Waals surface area contributed by atoms with Gasteiger partial charge in [0.1, 0.15) is 11.2 Å². The number of nitrogens with zero attached hydrogens (tertiary/aromatic N) is 1. The van der Waals surface area contributed by atoms with Crippen LogP contribution < -0.4 is 5.32 Å². The predicted molar refractivity (Wildman–Crippen MR) is 80.2 cm³/mol. The number of hydrogen-bond acceptors (Lipinski definition) is 4. The average Bonchev–Trinajstić information content (AvgIpc) is 3.10. The summed E-state index contributed by atoms with van der Waals surface area (Å²) in [4.78, 5) is 14.1. The summed E-state index contributed by atoms with van der Waals surface area (Å²) < 4.78 is 11.7. The fourth-order valence-corrected chi connectivity index (χ4v) is 3.45. The molecule has 3 rings (SSSR count). The minimum atomic E-state index is -0.439. The zero-order chi connectivity index (χ0) is 15.1. The zero-order valence-corrected chi connectivity index (χ0v) is 13.5. The lowest BCUT2D eigenvalue weighted by atomic mass is 9.87. The normalized spacial score (nSPS) is 33.5. The molecule has 3 fully saturated rings. The van der Waals surface area contributed by atoms with E-state index in [9.17, 15) is 4.79 Å². The van der Waals surface area contributed by atoms with Crippen molar-refractivity contribution < 1.29 is 14.3 Å². The van der Waals surface area contributed by atoms with Gasteiger partial charge in [0.2, 0.25) is 0 Å². The minimum absolute atomic E-state index is 0.197. The number of likely N-dealkylation sites (tertiary alicyclic amines) is 1. The van der Waals surface area contributed by atoms with Crippen LogP contribution in [0.2, 0.25) is 0 Å². The first-order valence-electron chi connectivity index (χ1n) is 8.23. The third-order valence-corrected chi connectivity index (χ3v) is 4.70. The van der Waals surface area contributed by atoms with Crippen molar-refractivity contribution in [2.45, 2.75) is 63.7 Å². The number of ether oxygens (including phenoxy) is 2. The number of hydrogen-bond donors (Lipinski definition) is 1. The van der Waals surface area contributed by atoms with Gasteiger partial charge in [0.25, 0.3) is 0 Å². The van der Waals surface area contributed by atoms with Gasteiger partial charge >= 0.3 is 6.09 Å². The van der Waals surface area contributed by atoms with Gasteiger partial charge in [-0.1, -0.05) is 12.8 Å². The van der Waals surface area contributed by atoms with Crippen molar-refractivity contribution in [3.05, 3.63) is 0 Å². The first-order chi connectivity index (χ1) is 9.88. The zero-order valence-electron chi connectivity index (χ0n) is 13.5. The number of carbonyl (C=O) groups excluding carboxylic acids is 1. The molecule has 5 heteroatoms. The van der Waals surface area contributed by atoms with E-state index < -0.39 is 5.60 Å². The molecule has 2 atom stereocenters. The Balaban J connectivity index is 1.63. The summed E-state index contributed by atoms with van der Waals surface area (Å²) in [5.74, 6) is 0.858. The van der Waals surface area contributed by atoms with Crippen LogP contribution in [0.5, 0.6) is 0 Å². The predicted octanol–water partition coefficient (Wildman–Crippen LogP) is 2.15. The smallest absolute Gasteiger partial charge is 0.410 e. The highest BCUT2D eigenvalue weighted by molar-refractivity contribution is 5.68. The van der Waals surface area contributed by atoms with E-state index in [2.05, 4.69) is 5.32 Å². The lowest BCUT2D eigenvalue weighted by molar-refractivity contribution is -0.0915. The lowest BCUT2D eigenvalue weighted by Gasteiger charge is -2.42. The molecule has 120 valence electrons. The van der Waals surface area contributed by atoms with Crippen LogP contribution in [0.1, 0.15) is 46.5 Å². The Hall–Kier alpha value is -0.810. The van der Waals surface area contributed by atoms with Gasteiger partial charge < -0.3 is 19.7 Å². The molecule has 0 radical (unpaired) electrons. The highest BCUT2D eigenvalue weighted by Crippen LogP contribution is 2.40. The van der Waals surface area contributed by atoms with E-state index in [0.29, 0.717) is 12.6 Å². The van der Waals surface area contributed by atoms with Crippen molar-refractivity contribution in [3.63, 3.8) is 0 Å². The summed E-state index contributed by atoms with van der Waals surface area (Å²) in [6.45, 7) is 8.78. The Labute approximate surface area is 127 Å². The molecule has 2 aliphatic heterocycles. The van der Waals surface area contributed by atoms with Crippen molar-refractivity contribution in [2.75, 3.05) is 26.2 Å². The van der Waals surface area contributed by atoms with E-state index in [-0.39, 0.29) is 11.7 Å². The Kier molecular flexibility index (Phi) is 3.91. The number of amides is 1. The monoisotopic (exact) mass is 296 g/mol. The van der Waals surface area contributed by atoms with E-state index in [1.165, 1.54) is 19.3 Å². The average molecular weight is 296 g/mol. The molecular formula is C16H28N2O3. The van der Waals surface area contributed by atoms with Crippen LogP contribution in [-0.4, -0.2) is 54.5 Å². The van der Waals surface area contributed by atoms with Gasteiger partial charge in [-0.2, -0.15) is 0 Å². The molecule has 2 saturated heterocycles. The topological polar surface area (TPSA) is 50.8 Å². The highest BCUT2D eigenvalue weighted by Gasteiger charge is 2.50. The second-order valence-electron chi connectivity index (χ2n) is 7.75. The summed E-state index contributed by atoms with van der Waals surface area (Å²) >= 11 is 0. The molecule has 2 unspecified atom stereocenters. The van der Waals surface area contributed by atoms with E-state index in [0.717, 1.165) is 32.0 Å². The van der Waals surface area contributed by atoms with Crippen molar-refractivity contribution in [2.24, 2.45) is 5.92 Å². The molecule has 3 aliphatic rings. The molecule has 1 N–H and O–H groups in total. The Bertz CT molecular complexity index is 403. The Morgan fingerprint density at radius 1 is 1.43 bits per heavy atom. The standard InChI is InChI=1S/C16H28N2O3/c1-15(2,3)21-14(19)18-8-6-16(11-18)13(10-12-4-5-12)17-7-9-20-16/h12-13,17H,4-11H2,1-3H3. The maximum Gasteiger partial charge on any atom is 0.410 e. The molecule has 5 nitrogen and oxygen atoms in total. The van der Waals surface area contributed by atoms with Crippen LogP contribution in [-0.2, 0) is 9.47 Å². The lowest BCUT2D eigenvalue weighted by Crippen LogP contribution is -2.59. The van der Waals surface area contributed by atoms with Crippen LogP contribution in [0.3, 0.4) is 0 Å². The van der Waals surface area contributed by atoms with Gasteiger partial charge in [-0.15, -0.1) is 0 Å². The maximum atomic E-state index is 12.3. The van der Waals surface area contributed by atoms with Gasteiger partial charge in [0.05, 0.1) is 13.2 Å². The third-order valence-electron chi connectivity index (χ3n) is 4.70. The van der Waals surface area contributed by atoms with Crippen molar-refractivity contribution in [3.8, 4) is 0 Å². The van der Waals surface area contributed by atoms with Gasteiger partial charge in [-0.3, -0.25) is 0 Å². The second kappa shape index (κ2) is 5.43. The minimum Gasteiger partial charge on any atom is -0.444 e. The number of rotatable bonds is 2. The quantitative estimate of drug-likeness (QED) is 0.848. The van der Waals surface area contributed by atoms with Crippen LogP contribution in [0.4, 0.5) is 4.79 Å². The van der Waals surface area contributed by atoms with Crippen LogP contribution >= 0.6 is 0 Å². The Morgan fingerprint density at radius 2 is 2.19 bits per heavy atom. The van der Waals surface area contributed by atoms with Crippen LogP contribution in [0.15, 0.2) is 0 Å². The van der Waals surface area contributed by atoms with Crippen molar-refractivity contribution >= 4 is 6.09 Å². The molecule has 21 heavy (non-hydrogen) atoms. The van der Waals surface area contributed by atoms with Crippen LogP contribution in [0, 0.1) is 5.92 Å². The first-order valence-corrected chi connectivity index (χ1v) is 8.23. The third kappa shape index (κ3) is 3.51. The molecule has 0 bridgehead atoms. The number of morpholine rings is 1. The largest absolute Gasteiger partial charge is 0.444 e. The second-order valence-corrected chi connectivity index (χ2v) is 7.75. The van der Waals surface area contributed by atoms with Gasteiger partial charge in [-0.05, 0) is 39.5 Å². The number of carbonyl (C=O) groups is 1. The Morgan fingerprint density at radius 3 is 2.86 bits per heavy atom. The summed E-state index contributed by atoms with van der Waals surface area (Å²) in [6.07, 6.45) is 4.59. The van der Waals surface area contributed by atoms with Gasteiger partial charge in [0.15, 0.2) is 0 Å². The molecule has 1 aliphatic carbocycles.